The zero-order chi connectivity index (χ0) is 22.2. The van der Waals surface area contributed by atoms with E-state index in [4.69, 9.17) is 21.1 Å². The molecule has 2 aromatic rings. The van der Waals surface area contributed by atoms with Crippen LogP contribution in [0.2, 0.25) is 5.02 Å². The van der Waals surface area contributed by atoms with Gasteiger partial charge in [0, 0.05) is 17.6 Å². The molecule has 166 valence electrons. The van der Waals surface area contributed by atoms with Crippen molar-refractivity contribution in [3.05, 3.63) is 59.1 Å². The molecule has 0 unspecified atom stereocenters. The van der Waals surface area contributed by atoms with Crippen LogP contribution < -0.4 is 14.8 Å². The van der Waals surface area contributed by atoms with Crippen molar-refractivity contribution in [3.63, 3.8) is 0 Å². The Balaban J connectivity index is 1.72. The van der Waals surface area contributed by atoms with Gasteiger partial charge in [-0.15, -0.1) is 0 Å². The summed E-state index contributed by atoms with van der Waals surface area (Å²) in [7, 11) is 1.60. The van der Waals surface area contributed by atoms with Crippen LogP contribution in [0.4, 0.5) is 0 Å². The van der Waals surface area contributed by atoms with E-state index in [1.807, 2.05) is 24.3 Å². The molecule has 1 fully saturated rings. The van der Waals surface area contributed by atoms with E-state index in [0.717, 1.165) is 31.2 Å². The highest BCUT2D eigenvalue weighted by Crippen LogP contribution is 2.20. The summed E-state index contributed by atoms with van der Waals surface area (Å²) in [4.78, 5) is 27.5. The third kappa shape index (κ3) is 6.62. The van der Waals surface area contributed by atoms with Gasteiger partial charge in [0.1, 0.15) is 17.5 Å². The first-order valence-electron chi connectivity index (χ1n) is 10.6. The van der Waals surface area contributed by atoms with Crippen molar-refractivity contribution in [2.24, 2.45) is 0 Å². The van der Waals surface area contributed by atoms with Crippen LogP contribution in [0.3, 0.4) is 0 Å². The van der Waals surface area contributed by atoms with E-state index in [2.05, 4.69) is 5.32 Å². The highest BCUT2D eigenvalue weighted by molar-refractivity contribution is 6.30. The van der Waals surface area contributed by atoms with Crippen LogP contribution in [0.1, 0.15) is 38.2 Å². The molecule has 3 rings (SSSR count). The van der Waals surface area contributed by atoms with Gasteiger partial charge in [0.25, 0.3) is 5.91 Å². The van der Waals surface area contributed by atoms with Crippen molar-refractivity contribution >= 4 is 23.4 Å². The lowest BCUT2D eigenvalue weighted by Crippen LogP contribution is -2.50. The van der Waals surface area contributed by atoms with Crippen LogP contribution in [-0.2, 0) is 16.1 Å². The number of hydrogen-bond donors (Lipinski definition) is 1. The van der Waals surface area contributed by atoms with Crippen molar-refractivity contribution in [3.8, 4) is 11.5 Å². The molecule has 7 heteroatoms. The lowest BCUT2D eigenvalue weighted by molar-refractivity contribution is -0.142. The fraction of sp³-hybridized carbons (Fsp3) is 0.417. The van der Waals surface area contributed by atoms with Gasteiger partial charge in [0.05, 0.1) is 7.11 Å². The Morgan fingerprint density at radius 2 is 1.84 bits per heavy atom. The van der Waals surface area contributed by atoms with Crippen molar-refractivity contribution < 1.29 is 19.1 Å². The van der Waals surface area contributed by atoms with Gasteiger partial charge in [0.2, 0.25) is 5.91 Å². The van der Waals surface area contributed by atoms with Crippen LogP contribution in [0.5, 0.6) is 11.5 Å². The van der Waals surface area contributed by atoms with E-state index in [9.17, 15) is 9.59 Å². The molecule has 0 saturated heterocycles. The zero-order valence-corrected chi connectivity index (χ0v) is 18.7. The summed E-state index contributed by atoms with van der Waals surface area (Å²) in [5, 5.41) is 3.62. The summed E-state index contributed by atoms with van der Waals surface area (Å²) in [6.45, 7) is 1.83. The molecule has 0 radical (unpaired) electrons. The molecule has 1 aliphatic rings. The number of carbonyl (C=O) groups is 2. The predicted octanol–water partition coefficient (Wildman–Crippen LogP) is 4.20. The third-order valence-corrected chi connectivity index (χ3v) is 5.75. The number of nitrogens with zero attached hydrogens (tertiary/aromatic N) is 1. The zero-order valence-electron chi connectivity index (χ0n) is 18.0. The molecule has 0 bridgehead atoms. The number of amides is 2. The number of rotatable bonds is 9. The topological polar surface area (TPSA) is 67.9 Å². The third-order valence-electron chi connectivity index (χ3n) is 5.51. The maximum Gasteiger partial charge on any atom is 0.261 e. The summed E-state index contributed by atoms with van der Waals surface area (Å²) in [5.74, 6) is 0.774. The molecule has 0 heterocycles. The van der Waals surface area contributed by atoms with Gasteiger partial charge in [-0.1, -0.05) is 42.6 Å². The highest BCUT2D eigenvalue weighted by atomic mass is 35.5. The minimum absolute atomic E-state index is 0.147. The average molecular weight is 445 g/mol. The van der Waals surface area contributed by atoms with Crippen molar-refractivity contribution in [2.45, 2.75) is 51.2 Å². The van der Waals surface area contributed by atoms with E-state index in [-0.39, 0.29) is 31.0 Å². The van der Waals surface area contributed by atoms with Crippen molar-refractivity contribution in [1.29, 1.82) is 0 Å². The molecule has 31 heavy (non-hydrogen) atoms. The van der Waals surface area contributed by atoms with Gasteiger partial charge in [0.15, 0.2) is 6.61 Å². The Bertz CT molecular complexity index is 899. The molecule has 1 saturated carbocycles. The molecule has 1 aliphatic carbocycles. The first-order valence-corrected chi connectivity index (χ1v) is 10.9. The Kier molecular flexibility index (Phi) is 8.18. The van der Waals surface area contributed by atoms with Gasteiger partial charge < -0.3 is 19.7 Å². The fourth-order valence-electron chi connectivity index (χ4n) is 3.73. The first kappa shape index (κ1) is 22.9. The number of ether oxygens (including phenoxy) is 2. The summed E-state index contributed by atoms with van der Waals surface area (Å²) in [6.07, 6.45) is 4.22. The number of hydrogen-bond acceptors (Lipinski definition) is 4. The van der Waals surface area contributed by atoms with Crippen LogP contribution in [0, 0.1) is 0 Å². The van der Waals surface area contributed by atoms with Crippen molar-refractivity contribution in [1.82, 2.24) is 10.2 Å². The van der Waals surface area contributed by atoms with Gasteiger partial charge in [-0.25, -0.2) is 0 Å². The second kappa shape index (κ2) is 11.0. The normalized spacial score (nSPS) is 14.7. The van der Waals surface area contributed by atoms with Gasteiger partial charge >= 0.3 is 0 Å². The molecule has 0 aromatic heterocycles. The number of methoxy groups -OCH3 is 1. The van der Waals surface area contributed by atoms with E-state index in [1.54, 1.807) is 43.2 Å². The smallest absolute Gasteiger partial charge is 0.261 e. The molecular weight excluding hydrogens is 416 g/mol. The summed E-state index contributed by atoms with van der Waals surface area (Å²) in [5.41, 5.74) is 0.871. The molecule has 0 spiro atoms. The fourth-order valence-corrected chi connectivity index (χ4v) is 3.91. The molecule has 1 atom stereocenters. The Morgan fingerprint density at radius 1 is 1.13 bits per heavy atom. The van der Waals surface area contributed by atoms with Crippen LogP contribution in [0.15, 0.2) is 48.5 Å². The van der Waals surface area contributed by atoms with Gasteiger partial charge in [-0.05, 0) is 55.7 Å². The molecular formula is C24H29ClN2O4. The van der Waals surface area contributed by atoms with E-state index >= 15 is 0 Å². The standard InChI is InChI=1S/C24H29ClN2O4/c1-17(24(29)26-20-9-3-4-10-20)27(15-18-7-5-11-21(13-18)30-2)23(28)16-31-22-12-6-8-19(25)14-22/h5-8,11-14,17,20H,3-4,9-10,15-16H2,1-2H3,(H,26,29)/t17-/m0/s1. The summed E-state index contributed by atoms with van der Waals surface area (Å²) >= 11 is 5.99. The number of benzene rings is 2. The Morgan fingerprint density at radius 3 is 2.55 bits per heavy atom. The second-order valence-corrected chi connectivity index (χ2v) is 8.22. The van der Waals surface area contributed by atoms with Gasteiger partial charge in [-0.3, -0.25) is 9.59 Å². The second-order valence-electron chi connectivity index (χ2n) is 7.79. The lowest BCUT2D eigenvalue weighted by atomic mass is 10.1. The van der Waals surface area contributed by atoms with Crippen LogP contribution in [-0.4, -0.2) is 42.5 Å². The number of carbonyl (C=O) groups excluding carboxylic acids is 2. The SMILES string of the molecule is COc1cccc(CN(C(=O)COc2cccc(Cl)c2)[C@@H](C)C(=O)NC2CCCC2)c1. The Hall–Kier alpha value is -2.73. The maximum absolute atomic E-state index is 13.1. The molecule has 6 nitrogen and oxygen atoms in total. The number of halogens is 1. The molecule has 2 amide bonds. The molecule has 1 N–H and O–H groups in total. The Labute approximate surface area is 188 Å². The average Bonchev–Trinajstić information content (AvgIpc) is 3.28. The predicted molar refractivity (Wildman–Crippen MR) is 120 cm³/mol. The minimum Gasteiger partial charge on any atom is -0.497 e. The monoisotopic (exact) mass is 444 g/mol. The molecule has 2 aromatic carbocycles. The van der Waals surface area contributed by atoms with E-state index < -0.39 is 6.04 Å². The quantitative estimate of drug-likeness (QED) is 0.629. The van der Waals surface area contributed by atoms with Crippen molar-refractivity contribution in [2.75, 3.05) is 13.7 Å². The first-order chi connectivity index (χ1) is 15.0. The minimum atomic E-state index is -0.637. The summed E-state index contributed by atoms with van der Waals surface area (Å²) < 4.78 is 10.9. The summed E-state index contributed by atoms with van der Waals surface area (Å²) in [6, 6.07) is 13.9. The largest absolute Gasteiger partial charge is 0.497 e. The number of nitrogens with one attached hydrogen (secondary N) is 1. The molecule has 0 aliphatic heterocycles. The van der Waals surface area contributed by atoms with E-state index in [0.29, 0.717) is 16.5 Å². The van der Waals surface area contributed by atoms with Crippen LogP contribution >= 0.6 is 11.6 Å². The maximum atomic E-state index is 13.1. The van der Waals surface area contributed by atoms with E-state index in [1.165, 1.54) is 0 Å². The highest BCUT2D eigenvalue weighted by Gasteiger charge is 2.28. The lowest BCUT2D eigenvalue weighted by Gasteiger charge is -2.29. The van der Waals surface area contributed by atoms with Crippen LogP contribution in [0.25, 0.3) is 0 Å². The van der Waals surface area contributed by atoms with Gasteiger partial charge in [-0.2, -0.15) is 0 Å².